The van der Waals surface area contributed by atoms with Crippen LogP contribution < -0.4 is 0 Å². The fourth-order valence-corrected chi connectivity index (χ4v) is 2.53. The molecular weight excluding hydrogens is 240 g/mol. The van der Waals surface area contributed by atoms with Crippen LogP contribution in [0.2, 0.25) is 0 Å². The largest absolute Gasteiger partial charge is 0.0839 e. The molecular formula is C20H32. The molecule has 0 N–H and O–H groups in total. The van der Waals surface area contributed by atoms with Crippen molar-refractivity contribution < 1.29 is 0 Å². The minimum absolute atomic E-state index is 1.23. The molecule has 0 spiro atoms. The fourth-order valence-electron chi connectivity index (χ4n) is 2.53. The highest BCUT2D eigenvalue weighted by Crippen LogP contribution is 2.11. The summed E-state index contributed by atoms with van der Waals surface area (Å²) in [5.41, 5.74) is 1.32. The van der Waals surface area contributed by atoms with Gasteiger partial charge >= 0.3 is 0 Å². The third-order valence-electron chi connectivity index (χ3n) is 3.83. The van der Waals surface area contributed by atoms with Crippen LogP contribution in [0.1, 0.15) is 83.1 Å². The van der Waals surface area contributed by atoms with Crippen LogP contribution >= 0.6 is 0 Å². The summed E-state index contributed by atoms with van der Waals surface area (Å²) in [4.78, 5) is 0. The lowest BCUT2D eigenvalue weighted by Gasteiger charge is -2.01. The van der Waals surface area contributed by atoms with Crippen LogP contribution in [-0.2, 0) is 0 Å². The van der Waals surface area contributed by atoms with E-state index in [1.54, 1.807) is 0 Å². The lowest BCUT2D eigenvalue weighted by molar-refractivity contribution is 0.558. The highest BCUT2D eigenvalue weighted by atomic mass is 14.0. The van der Waals surface area contributed by atoms with Crippen molar-refractivity contribution in [3.05, 3.63) is 42.0 Å². The number of unbranched alkanes of at least 4 members (excludes halogenated alkanes) is 10. The van der Waals surface area contributed by atoms with Gasteiger partial charge in [0.2, 0.25) is 0 Å². The Morgan fingerprint density at radius 2 is 1.25 bits per heavy atom. The van der Waals surface area contributed by atoms with Gasteiger partial charge in [-0.25, -0.2) is 0 Å². The Hall–Kier alpha value is -1.04. The molecule has 0 nitrogen and oxygen atoms in total. The van der Waals surface area contributed by atoms with Crippen LogP contribution in [0.3, 0.4) is 0 Å². The monoisotopic (exact) mass is 272 g/mol. The first kappa shape index (κ1) is 17.0. The molecule has 0 heterocycles. The van der Waals surface area contributed by atoms with Crippen molar-refractivity contribution in [2.24, 2.45) is 0 Å². The third-order valence-corrected chi connectivity index (χ3v) is 3.83. The van der Waals surface area contributed by atoms with E-state index in [0.29, 0.717) is 0 Å². The zero-order valence-electron chi connectivity index (χ0n) is 13.3. The van der Waals surface area contributed by atoms with E-state index in [9.17, 15) is 0 Å². The quantitative estimate of drug-likeness (QED) is 0.359. The fraction of sp³-hybridized carbons (Fsp3) is 0.600. The molecule has 0 saturated heterocycles. The van der Waals surface area contributed by atoms with E-state index in [1.165, 1.54) is 76.2 Å². The van der Waals surface area contributed by atoms with Gasteiger partial charge in [0, 0.05) is 0 Å². The smallest absolute Gasteiger partial charge is 0.0260 e. The first-order chi connectivity index (χ1) is 9.93. The van der Waals surface area contributed by atoms with E-state index in [2.05, 4.69) is 49.4 Å². The molecule has 0 aliphatic rings. The molecule has 20 heavy (non-hydrogen) atoms. The van der Waals surface area contributed by atoms with Gasteiger partial charge in [0.25, 0.3) is 0 Å². The summed E-state index contributed by atoms with van der Waals surface area (Å²) in [6.07, 6.45) is 20.0. The maximum absolute atomic E-state index is 2.32. The molecule has 0 saturated carbocycles. The molecule has 1 aromatic rings. The van der Waals surface area contributed by atoms with Gasteiger partial charge in [0.15, 0.2) is 0 Å². The molecule has 0 amide bonds. The molecule has 0 fully saturated rings. The van der Waals surface area contributed by atoms with Crippen molar-refractivity contribution in [2.75, 3.05) is 0 Å². The van der Waals surface area contributed by atoms with E-state index in [1.807, 2.05) is 0 Å². The summed E-state index contributed by atoms with van der Waals surface area (Å²) < 4.78 is 0. The van der Waals surface area contributed by atoms with Gasteiger partial charge < -0.3 is 0 Å². The number of benzene rings is 1. The van der Waals surface area contributed by atoms with Crippen LogP contribution in [0.5, 0.6) is 0 Å². The Labute approximate surface area is 126 Å². The highest BCUT2D eigenvalue weighted by molar-refractivity contribution is 5.48. The maximum atomic E-state index is 2.32. The van der Waals surface area contributed by atoms with E-state index in [-0.39, 0.29) is 0 Å². The number of hydrogen-bond donors (Lipinski definition) is 0. The van der Waals surface area contributed by atoms with E-state index in [4.69, 9.17) is 0 Å². The Balaban J connectivity index is 1.84. The molecule has 0 unspecified atom stereocenters. The molecule has 0 heteroatoms. The van der Waals surface area contributed by atoms with Crippen LogP contribution in [0.25, 0.3) is 6.08 Å². The minimum Gasteiger partial charge on any atom is -0.0839 e. The van der Waals surface area contributed by atoms with E-state index >= 15 is 0 Å². The Morgan fingerprint density at radius 1 is 0.700 bits per heavy atom. The predicted octanol–water partition coefficient (Wildman–Crippen LogP) is 7.01. The third kappa shape index (κ3) is 9.83. The number of allylic oxidation sites excluding steroid dienone is 1. The van der Waals surface area contributed by atoms with E-state index < -0.39 is 0 Å². The summed E-state index contributed by atoms with van der Waals surface area (Å²) in [6, 6.07) is 10.6. The van der Waals surface area contributed by atoms with Gasteiger partial charge in [0.1, 0.15) is 0 Å². The number of hydrogen-bond acceptors (Lipinski definition) is 0. The average Bonchev–Trinajstić information content (AvgIpc) is 2.49. The SMILES string of the molecule is CCCCCCCCCCCC/C=C/c1ccccc1. The average molecular weight is 272 g/mol. The van der Waals surface area contributed by atoms with Gasteiger partial charge in [0.05, 0.1) is 0 Å². The molecule has 1 aromatic carbocycles. The van der Waals surface area contributed by atoms with Gasteiger partial charge in [-0.15, -0.1) is 0 Å². The first-order valence-corrected chi connectivity index (χ1v) is 8.65. The zero-order valence-corrected chi connectivity index (χ0v) is 13.3. The number of rotatable bonds is 12. The van der Waals surface area contributed by atoms with Crippen molar-refractivity contribution >= 4 is 6.08 Å². The Bertz CT molecular complexity index is 323. The topological polar surface area (TPSA) is 0 Å². The van der Waals surface area contributed by atoms with Crippen molar-refractivity contribution in [1.29, 1.82) is 0 Å². The summed E-state index contributed by atoms with van der Waals surface area (Å²) in [7, 11) is 0. The molecule has 0 atom stereocenters. The van der Waals surface area contributed by atoms with Crippen molar-refractivity contribution in [3.8, 4) is 0 Å². The summed E-state index contributed by atoms with van der Waals surface area (Å²) in [5.74, 6) is 0. The lowest BCUT2D eigenvalue weighted by atomic mass is 10.1. The Kier molecular flexibility index (Phi) is 11.0. The van der Waals surface area contributed by atoms with Crippen LogP contribution in [0, 0.1) is 0 Å². The minimum atomic E-state index is 1.23. The predicted molar refractivity (Wildman–Crippen MR) is 91.9 cm³/mol. The van der Waals surface area contributed by atoms with Gasteiger partial charge in [-0.1, -0.05) is 107 Å². The van der Waals surface area contributed by atoms with Gasteiger partial charge in [-0.3, -0.25) is 0 Å². The standard InChI is InChI=1S/C20H32/c1-2-3-4-5-6-7-8-9-10-11-12-14-17-20-18-15-13-16-19-20/h13-19H,2-12H2,1H3/b17-14+. The van der Waals surface area contributed by atoms with Crippen molar-refractivity contribution in [1.82, 2.24) is 0 Å². The van der Waals surface area contributed by atoms with Crippen LogP contribution in [0.15, 0.2) is 36.4 Å². The molecule has 0 aromatic heterocycles. The molecule has 112 valence electrons. The second-order valence-electron chi connectivity index (χ2n) is 5.78. The van der Waals surface area contributed by atoms with Crippen molar-refractivity contribution in [2.45, 2.75) is 77.6 Å². The van der Waals surface area contributed by atoms with Gasteiger partial charge in [-0.05, 0) is 18.4 Å². The molecule has 0 aliphatic carbocycles. The first-order valence-electron chi connectivity index (χ1n) is 8.65. The van der Waals surface area contributed by atoms with E-state index in [0.717, 1.165) is 0 Å². The Morgan fingerprint density at radius 3 is 1.85 bits per heavy atom. The zero-order chi connectivity index (χ0) is 14.3. The molecule has 0 radical (unpaired) electrons. The molecule has 1 rings (SSSR count). The normalized spacial score (nSPS) is 11.2. The molecule has 0 bridgehead atoms. The second-order valence-corrected chi connectivity index (χ2v) is 5.78. The summed E-state index contributed by atoms with van der Waals surface area (Å²) >= 11 is 0. The summed E-state index contributed by atoms with van der Waals surface area (Å²) in [5, 5.41) is 0. The second kappa shape index (κ2) is 13.0. The highest BCUT2D eigenvalue weighted by Gasteiger charge is 1.92. The lowest BCUT2D eigenvalue weighted by Crippen LogP contribution is -1.81. The van der Waals surface area contributed by atoms with Gasteiger partial charge in [-0.2, -0.15) is 0 Å². The molecule has 0 aliphatic heterocycles. The van der Waals surface area contributed by atoms with Crippen LogP contribution in [-0.4, -0.2) is 0 Å². The van der Waals surface area contributed by atoms with Crippen molar-refractivity contribution in [3.63, 3.8) is 0 Å². The van der Waals surface area contributed by atoms with Crippen LogP contribution in [0.4, 0.5) is 0 Å². The summed E-state index contributed by atoms with van der Waals surface area (Å²) in [6.45, 7) is 2.28. The maximum Gasteiger partial charge on any atom is -0.0260 e.